The van der Waals surface area contributed by atoms with Gasteiger partial charge >= 0.3 is 0 Å². The summed E-state index contributed by atoms with van der Waals surface area (Å²) < 4.78 is 8.13. The van der Waals surface area contributed by atoms with Crippen LogP contribution in [0.4, 0.5) is 5.95 Å². The highest BCUT2D eigenvalue weighted by molar-refractivity contribution is 7.09. The Morgan fingerprint density at radius 1 is 1.25 bits per heavy atom. The van der Waals surface area contributed by atoms with Gasteiger partial charge in [-0.2, -0.15) is 5.10 Å². The molecule has 0 N–H and O–H groups in total. The normalized spacial score (nSPS) is 17.5. The summed E-state index contributed by atoms with van der Waals surface area (Å²) in [6.07, 6.45) is 5.35. The predicted molar refractivity (Wildman–Crippen MR) is 90.7 cm³/mol. The predicted octanol–water partition coefficient (Wildman–Crippen LogP) is 2.04. The lowest BCUT2D eigenvalue weighted by molar-refractivity contribution is 0.0323. The topological polar surface area (TPSA) is 69.0 Å². The van der Waals surface area contributed by atoms with E-state index in [1.165, 1.54) is 0 Å². The van der Waals surface area contributed by atoms with E-state index in [0.717, 1.165) is 36.0 Å². The van der Waals surface area contributed by atoms with Crippen molar-refractivity contribution in [3.8, 4) is 0 Å². The fraction of sp³-hybridized carbons (Fsp3) is 0.375. The molecular weight excluding hydrogens is 324 g/mol. The molecular formula is C16H18N6OS. The minimum absolute atomic E-state index is 0.00281. The van der Waals surface area contributed by atoms with Gasteiger partial charge in [0.15, 0.2) is 0 Å². The molecule has 0 bridgehead atoms. The summed E-state index contributed by atoms with van der Waals surface area (Å²) in [4.78, 5) is 15.4. The number of thiazole rings is 1. The van der Waals surface area contributed by atoms with Gasteiger partial charge in [-0.1, -0.05) is 0 Å². The lowest BCUT2D eigenvalue weighted by Crippen LogP contribution is -2.34. The number of nitrogens with zero attached hydrogens (tertiary/aromatic N) is 6. The average Bonchev–Trinajstić information content (AvgIpc) is 3.18. The third kappa shape index (κ3) is 3.29. The summed E-state index contributed by atoms with van der Waals surface area (Å²) in [5.41, 5.74) is 2.11. The van der Waals surface area contributed by atoms with E-state index in [4.69, 9.17) is 4.74 Å². The van der Waals surface area contributed by atoms with Crippen molar-refractivity contribution in [3.63, 3.8) is 0 Å². The van der Waals surface area contributed by atoms with Crippen molar-refractivity contribution >= 4 is 17.3 Å². The van der Waals surface area contributed by atoms with Crippen molar-refractivity contribution in [3.05, 3.63) is 52.5 Å². The van der Waals surface area contributed by atoms with Crippen LogP contribution in [0.25, 0.3) is 0 Å². The standard InChI is InChI=1S/C16H18N6OS/c1-12-20-13(11-24-12)10-23-15-8-21(16-17-4-2-5-18-16)7-14-3-6-19-22(14)9-15/h2-6,11,15H,7-10H2,1H3/t15-/m1/s1. The quantitative estimate of drug-likeness (QED) is 0.723. The van der Waals surface area contributed by atoms with E-state index < -0.39 is 0 Å². The maximum atomic E-state index is 6.13. The van der Waals surface area contributed by atoms with Crippen molar-refractivity contribution in [2.24, 2.45) is 0 Å². The van der Waals surface area contributed by atoms with Crippen molar-refractivity contribution < 1.29 is 4.74 Å². The molecule has 24 heavy (non-hydrogen) atoms. The molecule has 0 fully saturated rings. The van der Waals surface area contributed by atoms with Gasteiger partial charge in [0, 0.05) is 30.5 Å². The molecule has 1 aliphatic heterocycles. The van der Waals surface area contributed by atoms with Crippen LogP contribution in [0, 0.1) is 6.92 Å². The number of rotatable bonds is 4. The molecule has 0 radical (unpaired) electrons. The van der Waals surface area contributed by atoms with Gasteiger partial charge in [-0.15, -0.1) is 11.3 Å². The Kier molecular flexibility index (Phi) is 4.22. The Hall–Kier alpha value is -2.32. The van der Waals surface area contributed by atoms with E-state index in [1.807, 2.05) is 35.3 Å². The molecule has 4 rings (SSSR count). The summed E-state index contributed by atoms with van der Waals surface area (Å²) in [6, 6.07) is 3.85. The largest absolute Gasteiger partial charge is 0.368 e. The Labute approximate surface area is 144 Å². The molecule has 8 heteroatoms. The molecule has 0 aliphatic carbocycles. The van der Waals surface area contributed by atoms with Crippen LogP contribution in [0.2, 0.25) is 0 Å². The highest BCUT2D eigenvalue weighted by atomic mass is 32.1. The molecule has 7 nitrogen and oxygen atoms in total. The molecule has 1 aliphatic rings. The van der Waals surface area contributed by atoms with Crippen LogP contribution >= 0.6 is 11.3 Å². The molecule has 0 aromatic carbocycles. The molecule has 0 saturated carbocycles. The van der Waals surface area contributed by atoms with Crippen molar-refractivity contribution in [1.29, 1.82) is 0 Å². The zero-order valence-electron chi connectivity index (χ0n) is 13.4. The Morgan fingerprint density at radius 2 is 2.12 bits per heavy atom. The number of aryl methyl sites for hydroxylation is 1. The number of fused-ring (bicyclic) bond motifs is 1. The zero-order chi connectivity index (χ0) is 16.4. The summed E-state index contributed by atoms with van der Waals surface area (Å²) in [5.74, 6) is 0.713. The lowest BCUT2D eigenvalue weighted by atomic mass is 10.3. The highest BCUT2D eigenvalue weighted by Gasteiger charge is 2.24. The lowest BCUT2D eigenvalue weighted by Gasteiger charge is -2.23. The molecule has 0 saturated heterocycles. The summed E-state index contributed by atoms with van der Waals surface area (Å²) in [5, 5.41) is 7.51. The Morgan fingerprint density at radius 3 is 2.92 bits per heavy atom. The van der Waals surface area contributed by atoms with Crippen molar-refractivity contribution in [1.82, 2.24) is 24.7 Å². The first-order valence-corrected chi connectivity index (χ1v) is 8.71. The molecule has 0 spiro atoms. The fourth-order valence-electron chi connectivity index (χ4n) is 2.81. The van der Waals surface area contributed by atoms with E-state index in [0.29, 0.717) is 12.6 Å². The molecule has 3 aromatic heterocycles. The number of anilines is 1. The minimum Gasteiger partial charge on any atom is -0.368 e. The summed E-state index contributed by atoms with van der Waals surface area (Å²) in [6.45, 7) is 4.67. The molecule has 4 heterocycles. The maximum absolute atomic E-state index is 6.13. The Balaban J connectivity index is 1.53. The van der Waals surface area contributed by atoms with Gasteiger partial charge in [0.05, 0.1) is 42.2 Å². The summed E-state index contributed by atoms with van der Waals surface area (Å²) >= 11 is 1.64. The summed E-state index contributed by atoms with van der Waals surface area (Å²) in [7, 11) is 0. The average molecular weight is 342 g/mol. The van der Waals surface area contributed by atoms with Gasteiger partial charge in [0.25, 0.3) is 0 Å². The van der Waals surface area contributed by atoms with E-state index in [1.54, 1.807) is 23.7 Å². The van der Waals surface area contributed by atoms with Gasteiger partial charge < -0.3 is 9.64 Å². The third-order valence-corrected chi connectivity index (χ3v) is 4.75. The van der Waals surface area contributed by atoms with Crippen LogP contribution in [0.3, 0.4) is 0 Å². The number of hydrogen-bond donors (Lipinski definition) is 0. The van der Waals surface area contributed by atoms with E-state index >= 15 is 0 Å². The molecule has 124 valence electrons. The van der Waals surface area contributed by atoms with E-state index in [-0.39, 0.29) is 6.10 Å². The molecule has 0 unspecified atom stereocenters. The number of aromatic nitrogens is 5. The van der Waals surface area contributed by atoms with Crippen LogP contribution < -0.4 is 4.90 Å². The monoisotopic (exact) mass is 342 g/mol. The number of ether oxygens (including phenoxy) is 1. The second-order valence-electron chi connectivity index (χ2n) is 5.72. The molecule has 3 aromatic rings. The Bertz CT molecular complexity index is 802. The highest BCUT2D eigenvalue weighted by Crippen LogP contribution is 2.19. The number of hydrogen-bond acceptors (Lipinski definition) is 7. The first kappa shape index (κ1) is 15.2. The van der Waals surface area contributed by atoms with Gasteiger partial charge in [-0.05, 0) is 19.1 Å². The third-order valence-electron chi connectivity index (χ3n) is 3.93. The molecule has 0 amide bonds. The van der Waals surface area contributed by atoms with Crippen LogP contribution in [-0.4, -0.2) is 37.4 Å². The van der Waals surface area contributed by atoms with Gasteiger partial charge in [0.2, 0.25) is 5.95 Å². The van der Waals surface area contributed by atoms with Crippen molar-refractivity contribution in [2.75, 3.05) is 11.4 Å². The van der Waals surface area contributed by atoms with Crippen LogP contribution in [-0.2, 0) is 24.4 Å². The minimum atomic E-state index is -0.00281. The van der Waals surface area contributed by atoms with Gasteiger partial charge in [-0.25, -0.2) is 15.0 Å². The fourth-order valence-corrected chi connectivity index (χ4v) is 3.40. The molecule has 1 atom stereocenters. The van der Waals surface area contributed by atoms with Gasteiger partial charge in [-0.3, -0.25) is 4.68 Å². The van der Waals surface area contributed by atoms with Crippen LogP contribution in [0.15, 0.2) is 36.1 Å². The first-order valence-electron chi connectivity index (χ1n) is 7.83. The zero-order valence-corrected chi connectivity index (χ0v) is 14.2. The first-order chi connectivity index (χ1) is 11.8. The second-order valence-corrected chi connectivity index (χ2v) is 6.79. The second kappa shape index (κ2) is 6.66. The van der Waals surface area contributed by atoms with Crippen LogP contribution in [0.5, 0.6) is 0 Å². The van der Waals surface area contributed by atoms with Gasteiger partial charge in [0.1, 0.15) is 0 Å². The van der Waals surface area contributed by atoms with Crippen LogP contribution in [0.1, 0.15) is 16.4 Å². The van der Waals surface area contributed by atoms with E-state index in [2.05, 4.69) is 25.0 Å². The SMILES string of the molecule is Cc1nc(CO[C@@H]2CN(c3ncccn3)Cc3ccnn3C2)cs1. The maximum Gasteiger partial charge on any atom is 0.225 e. The van der Waals surface area contributed by atoms with E-state index in [9.17, 15) is 0 Å². The van der Waals surface area contributed by atoms with Crippen molar-refractivity contribution in [2.45, 2.75) is 32.7 Å². The smallest absolute Gasteiger partial charge is 0.225 e.